The zero-order valence-electron chi connectivity index (χ0n) is 7.81. The van der Waals surface area contributed by atoms with Crippen LogP contribution < -0.4 is 0 Å². The van der Waals surface area contributed by atoms with Gasteiger partial charge in [0.1, 0.15) is 0 Å². The van der Waals surface area contributed by atoms with Crippen molar-refractivity contribution in [1.82, 2.24) is 0 Å². The largest absolute Gasteiger partial charge is 0.269 e. The summed E-state index contributed by atoms with van der Waals surface area (Å²) in [5.41, 5.74) is 4.96. The monoisotopic (exact) mass is 197 g/mol. The van der Waals surface area contributed by atoms with Crippen molar-refractivity contribution >= 4 is 5.69 Å². The third-order valence-corrected chi connectivity index (χ3v) is 2.66. The van der Waals surface area contributed by atoms with Crippen molar-refractivity contribution in [3.8, 4) is 22.3 Å². The van der Waals surface area contributed by atoms with E-state index in [1.54, 1.807) is 24.3 Å². The quantitative estimate of drug-likeness (QED) is 0.467. The molecular weight excluding hydrogens is 190 g/mol. The Balaban J connectivity index is 2.00. The van der Waals surface area contributed by atoms with Gasteiger partial charge in [0.2, 0.25) is 0 Å². The molecule has 72 valence electrons. The lowest BCUT2D eigenvalue weighted by molar-refractivity contribution is -0.384. The zero-order chi connectivity index (χ0) is 10.4. The third-order valence-electron chi connectivity index (χ3n) is 2.66. The molecule has 3 heteroatoms. The van der Waals surface area contributed by atoms with E-state index in [0.717, 1.165) is 5.56 Å². The first-order valence-corrected chi connectivity index (χ1v) is 4.65. The minimum atomic E-state index is -0.380. The van der Waals surface area contributed by atoms with Crippen LogP contribution in [0.3, 0.4) is 0 Å². The van der Waals surface area contributed by atoms with Crippen molar-refractivity contribution in [2.75, 3.05) is 0 Å². The first-order valence-electron chi connectivity index (χ1n) is 4.65. The molecule has 0 aliphatic heterocycles. The molecule has 1 aromatic rings. The highest BCUT2D eigenvalue weighted by molar-refractivity contribution is 6.07. The number of nitro benzene ring substituents is 1. The number of hydrogen-bond acceptors (Lipinski definition) is 2. The van der Waals surface area contributed by atoms with Crippen molar-refractivity contribution in [1.29, 1.82) is 0 Å². The Hall–Kier alpha value is -2.16. The summed E-state index contributed by atoms with van der Waals surface area (Å²) in [7, 11) is 0. The van der Waals surface area contributed by atoms with Crippen molar-refractivity contribution < 1.29 is 4.92 Å². The van der Waals surface area contributed by atoms with Gasteiger partial charge >= 0.3 is 0 Å². The van der Waals surface area contributed by atoms with E-state index in [2.05, 4.69) is 12.1 Å². The van der Waals surface area contributed by atoms with Crippen LogP contribution in [-0.2, 0) is 0 Å². The van der Waals surface area contributed by atoms with Gasteiger partial charge in [0, 0.05) is 12.1 Å². The Kier molecular flexibility index (Phi) is 1.45. The van der Waals surface area contributed by atoms with Gasteiger partial charge in [-0.05, 0) is 34.4 Å². The van der Waals surface area contributed by atoms with Crippen molar-refractivity contribution in [2.24, 2.45) is 0 Å². The maximum atomic E-state index is 10.5. The summed E-state index contributed by atoms with van der Waals surface area (Å²) in [6.45, 7) is 0. The summed E-state index contributed by atoms with van der Waals surface area (Å²) in [4.78, 5) is 10.1. The standard InChI is InChI=1S/C12H7NO2/c14-13(15)9-6-4-8(5-7-9)12-10-2-1-3-11(10)12/h1-7H. The molecule has 0 saturated heterocycles. The fourth-order valence-electron chi connectivity index (χ4n) is 1.86. The molecule has 0 amide bonds. The minimum Gasteiger partial charge on any atom is -0.258 e. The molecule has 0 atom stereocenters. The average Bonchev–Trinajstić information content (AvgIpc) is 2.72. The number of benzene rings is 2. The predicted octanol–water partition coefficient (Wildman–Crippen LogP) is 3.24. The average molecular weight is 197 g/mol. The van der Waals surface area contributed by atoms with Crippen LogP contribution in [0.15, 0.2) is 42.5 Å². The molecule has 0 fully saturated rings. The fourth-order valence-corrected chi connectivity index (χ4v) is 1.86. The van der Waals surface area contributed by atoms with Gasteiger partial charge in [-0.15, -0.1) is 0 Å². The summed E-state index contributed by atoms with van der Waals surface area (Å²) < 4.78 is 0. The molecular formula is C12H7NO2. The SMILES string of the molecule is O=[N+]([O-])c1ccc(-c2c3cccc2-3)cc1. The lowest BCUT2D eigenvalue weighted by atomic mass is 10.1. The summed E-state index contributed by atoms with van der Waals surface area (Å²) in [6, 6.07) is 12.8. The van der Waals surface area contributed by atoms with Crippen LogP contribution in [0.4, 0.5) is 5.69 Å². The Bertz CT molecular complexity index is 538. The number of rotatable bonds is 2. The van der Waals surface area contributed by atoms with E-state index in [1.165, 1.54) is 16.7 Å². The van der Waals surface area contributed by atoms with Gasteiger partial charge in [-0.2, -0.15) is 0 Å². The maximum Gasteiger partial charge on any atom is 0.269 e. The number of nitrogens with zero attached hydrogens (tertiary/aromatic N) is 1. The van der Waals surface area contributed by atoms with E-state index in [4.69, 9.17) is 0 Å². The highest BCUT2D eigenvalue weighted by atomic mass is 16.6. The Morgan fingerprint density at radius 3 is 2.07 bits per heavy atom. The predicted molar refractivity (Wildman–Crippen MR) is 57.5 cm³/mol. The second-order valence-electron chi connectivity index (χ2n) is 3.53. The topological polar surface area (TPSA) is 43.1 Å². The van der Waals surface area contributed by atoms with Crippen molar-refractivity contribution in [3.63, 3.8) is 0 Å². The van der Waals surface area contributed by atoms with Crippen LogP contribution >= 0.6 is 0 Å². The molecule has 0 N–H and O–H groups in total. The lowest BCUT2D eigenvalue weighted by Gasteiger charge is -1.93. The molecule has 0 heterocycles. The molecule has 15 heavy (non-hydrogen) atoms. The van der Waals surface area contributed by atoms with Gasteiger partial charge in [0.25, 0.3) is 5.69 Å². The first-order chi connectivity index (χ1) is 7.27. The molecule has 0 radical (unpaired) electrons. The molecule has 2 aliphatic carbocycles. The molecule has 0 spiro atoms. The molecule has 0 aromatic heterocycles. The third kappa shape index (κ3) is 1.13. The van der Waals surface area contributed by atoms with Gasteiger partial charge in [0.15, 0.2) is 0 Å². The van der Waals surface area contributed by atoms with Crippen molar-refractivity contribution in [3.05, 3.63) is 52.6 Å². The minimum absolute atomic E-state index is 0.139. The summed E-state index contributed by atoms with van der Waals surface area (Å²) in [5, 5.41) is 10.5. The van der Waals surface area contributed by atoms with E-state index in [-0.39, 0.29) is 10.6 Å². The molecule has 0 saturated carbocycles. The fraction of sp³-hybridized carbons (Fsp3) is 0. The van der Waals surface area contributed by atoms with Gasteiger partial charge in [-0.3, -0.25) is 10.1 Å². The van der Waals surface area contributed by atoms with Crippen LogP contribution in [-0.4, -0.2) is 4.92 Å². The second-order valence-corrected chi connectivity index (χ2v) is 3.53. The van der Waals surface area contributed by atoms with E-state index >= 15 is 0 Å². The Morgan fingerprint density at radius 1 is 0.933 bits per heavy atom. The maximum absolute atomic E-state index is 10.5. The van der Waals surface area contributed by atoms with Crippen LogP contribution in [0.1, 0.15) is 0 Å². The van der Waals surface area contributed by atoms with E-state index in [1.807, 2.05) is 6.07 Å². The number of hydrogen-bond donors (Lipinski definition) is 0. The van der Waals surface area contributed by atoms with Gasteiger partial charge in [-0.1, -0.05) is 18.2 Å². The highest BCUT2D eigenvalue weighted by Crippen LogP contribution is 2.50. The molecule has 3 rings (SSSR count). The van der Waals surface area contributed by atoms with Crippen LogP contribution in [0, 0.1) is 10.1 Å². The number of nitro groups is 1. The van der Waals surface area contributed by atoms with Crippen LogP contribution in [0.2, 0.25) is 0 Å². The molecule has 1 aromatic carbocycles. The lowest BCUT2D eigenvalue weighted by Crippen LogP contribution is -1.86. The Morgan fingerprint density at radius 2 is 1.53 bits per heavy atom. The van der Waals surface area contributed by atoms with Crippen LogP contribution in [0.5, 0.6) is 0 Å². The molecule has 2 aliphatic rings. The van der Waals surface area contributed by atoms with E-state index in [0.29, 0.717) is 0 Å². The Labute approximate surface area is 86.1 Å². The summed E-state index contributed by atoms with van der Waals surface area (Å²) in [6.07, 6.45) is 0. The van der Waals surface area contributed by atoms with E-state index < -0.39 is 0 Å². The van der Waals surface area contributed by atoms with E-state index in [9.17, 15) is 10.1 Å². The summed E-state index contributed by atoms with van der Waals surface area (Å²) in [5.74, 6) is 0. The molecule has 3 nitrogen and oxygen atoms in total. The zero-order valence-corrected chi connectivity index (χ0v) is 7.81. The van der Waals surface area contributed by atoms with Gasteiger partial charge in [-0.25, -0.2) is 0 Å². The van der Waals surface area contributed by atoms with Gasteiger partial charge in [0.05, 0.1) is 4.92 Å². The van der Waals surface area contributed by atoms with Crippen molar-refractivity contribution in [2.45, 2.75) is 0 Å². The second kappa shape index (κ2) is 2.67. The number of non-ortho nitro benzene ring substituents is 1. The smallest absolute Gasteiger partial charge is 0.258 e. The molecule has 0 bridgehead atoms. The summed E-state index contributed by atoms with van der Waals surface area (Å²) >= 11 is 0. The molecule has 0 unspecified atom stereocenters. The highest BCUT2D eigenvalue weighted by Gasteiger charge is 2.24. The first kappa shape index (κ1) is 8.17. The normalized spacial score (nSPS) is 11.2. The number of fused-ring (bicyclic) bond motifs is 1. The van der Waals surface area contributed by atoms with Crippen LogP contribution in [0.25, 0.3) is 22.3 Å². The van der Waals surface area contributed by atoms with Gasteiger partial charge < -0.3 is 0 Å².